The Morgan fingerprint density at radius 3 is 2.49 bits per heavy atom. The van der Waals surface area contributed by atoms with Crippen LogP contribution in [0.1, 0.15) is 28.8 Å². The van der Waals surface area contributed by atoms with Gasteiger partial charge in [0.05, 0.1) is 18.2 Å². The third-order valence-electron chi connectivity index (χ3n) is 6.28. The van der Waals surface area contributed by atoms with Gasteiger partial charge in [-0.2, -0.15) is 4.98 Å². The Morgan fingerprint density at radius 1 is 1.05 bits per heavy atom. The number of likely N-dealkylation sites (tertiary alicyclic amines) is 1. The molecule has 0 radical (unpaired) electrons. The van der Waals surface area contributed by atoms with Crippen LogP contribution in [-0.2, 0) is 6.54 Å². The number of pyridine rings is 1. The van der Waals surface area contributed by atoms with Crippen LogP contribution in [0.3, 0.4) is 0 Å². The summed E-state index contributed by atoms with van der Waals surface area (Å²) in [5.41, 5.74) is 1.84. The summed E-state index contributed by atoms with van der Waals surface area (Å²) in [6.45, 7) is 1.17. The number of nitrogens with zero attached hydrogens (tertiary/aromatic N) is 4. The molecule has 0 aliphatic carbocycles. The Morgan fingerprint density at radius 2 is 1.77 bits per heavy atom. The highest BCUT2D eigenvalue weighted by Gasteiger charge is 2.31. The molecule has 5 rings (SSSR count). The van der Waals surface area contributed by atoms with E-state index in [1.54, 1.807) is 29.3 Å². The molecule has 202 valence electrons. The van der Waals surface area contributed by atoms with Crippen LogP contribution in [0.25, 0.3) is 22.8 Å². The van der Waals surface area contributed by atoms with E-state index in [1.807, 2.05) is 6.07 Å². The maximum atomic E-state index is 12.9. The van der Waals surface area contributed by atoms with Gasteiger partial charge in [0.1, 0.15) is 5.75 Å². The highest BCUT2D eigenvalue weighted by molar-refractivity contribution is 5.94. The van der Waals surface area contributed by atoms with Crippen LogP contribution in [0.4, 0.5) is 13.2 Å². The van der Waals surface area contributed by atoms with E-state index in [-0.39, 0.29) is 41.6 Å². The maximum Gasteiger partial charge on any atom is 0.573 e. The van der Waals surface area contributed by atoms with Gasteiger partial charge in [0.2, 0.25) is 5.82 Å². The minimum Gasteiger partial charge on any atom is -0.406 e. The number of carbonyl (C=O) groups is 1. The van der Waals surface area contributed by atoms with Crippen molar-refractivity contribution in [2.45, 2.75) is 31.9 Å². The fourth-order valence-corrected chi connectivity index (χ4v) is 4.30. The molecule has 1 aliphatic heterocycles. The Bertz CT molecular complexity index is 1520. The number of alkyl halides is 3. The predicted octanol–water partition coefficient (Wildman–Crippen LogP) is 4.11. The average molecular weight is 540 g/mol. The van der Waals surface area contributed by atoms with Crippen LogP contribution in [0, 0.1) is 0 Å². The number of aliphatic hydroxyl groups is 1. The number of aromatic nitrogens is 3. The Balaban J connectivity index is 1.32. The normalized spacial score (nSPS) is 14.4. The monoisotopic (exact) mass is 540 g/mol. The molecule has 12 heteroatoms. The summed E-state index contributed by atoms with van der Waals surface area (Å²) in [4.78, 5) is 31.5. The molecule has 4 aromatic rings. The van der Waals surface area contributed by atoms with Crippen molar-refractivity contribution in [1.29, 1.82) is 0 Å². The first-order valence-electron chi connectivity index (χ1n) is 12.1. The SMILES string of the molecule is O=C(c1cccc(Cn2cc(-c3nc(-c4ccc(OC(F)(F)F)cc4)no3)ccc2=O)c1)N1CCC(O)CC1. The molecule has 2 aromatic heterocycles. The number of hydrogen-bond donors (Lipinski definition) is 1. The zero-order valence-corrected chi connectivity index (χ0v) is 20.5. The molecule has 0 atom stereocenters. The number of halogens is 3. The van der Waals surface area contributed by atoms with Crippen LogP contribution < -0.4 is 10.3 Å². The molecular weight excluding hydrogens is 517 g/mol. The van der Waals surface area contributed by atoms with Crippen molar-refractivity contribution in [2.24, 2.45) is 0 Å². The molecule has 1 aliphatic rings. The molecule has 0 bridgehead atoms. The summed E-state index contributed by atoms with van der Waals surface area (Å²) in [6, 6.07) is 14.9. The van der Waals surface area contributed by atoms with Crippen molar-refractivity contribution in [2.75, 3.05) is 13.1 Å². The Hall–Kier alpha value is -4.45. The second-order valence-electron chi connectivity index (χ2n) is 9.10. The predicted molar refractivity (Wildman–Crippen MR) is 133 cm³/mol. The number of hydrogen-bond acceptors (Lipinski definition) is 7. The van der Waals surface area contributed by atoms with Crippen molar-refractivity contribution < 1.29 is 32.3 Å². The quantitative estimate of drug-likeness (QED) is 0.392. The van der Waals surface area contributed by atoms with E-state index >= 15 is 0 Å². The Kier molecular flexibility index (Phi) is 7.20. The third kappa shape index (κ3) is 6.34. The summed E-state index contributed by atoms with van der Waals surface area (Å²) < 4.78 is 47.8. The first-order chi connectivity index (χ1) is 18.6. The van der Waals surface area contributed by atoms with Gasteiger partial charge in [-0.3, -0.25) is 9.59 Å². The summed E-state index contributed by atoms with van der Waals surface area (Å²) in [6.07, 6.45) is -2.53. The van der Waals surface area contributed by atoms with Crippen LogP contribution in [0.2, 0.25) is 0 Å². The minimum absolute atomic E-state index is 0.116. The number of amides is 1. The van der Waals surface area contributed by atoms with Gasteiger partial charge < -0.3 is 23.8 Å². The van der Waals surface area contributed by atoms with Crippen LogP contribution in [0.15, 0.2) is 76.2 Å². The molecule has 3 heterocycles. The van der Waals surface area contributed by atoms with Gasteiger partial charge in [-0.15, -0.1) is 13.2 Å². The number of rotatable bonds is 6. The van der Waals surface area contributed by atoms with Gasteiger partial charge in [0, 0.05) is 36.5 Å². The van der Waals surface area contributed by atoms with E-state index in [2.05, 4.69) is 14.9 Å². The fourth-order valence-electron chi connectivity index (χ4n) is 4.30. The molecule has 39 heavy (non-hydrogen) atoms. The van der Waals surface area contributed by atoms with Crippen molar-refractivity contribution in [3.8, 4) is 28.6 Å². The zero-order chi connectivity index (χ0) is 27.6. The summed E-state index contributed by atoms with van der Waals surface area (Å²) in [5.74, 6) is -0.230. The second kappa shape index (κ2) is 10.7. The first kappa shape index (κ1) is 26.2. The molecule has 0 saturated carbocycles. The lowest BCUT2D eigenvalue weighted by molar-refractivity contribution is -0.274. The highest BCUT2D eigenvalue weighted by Crippen LogP contribution is 2.27. The lowest BCUT2D eigenvalue weighted by Gasteiger charge is -2.29. The maximum absolute atomic E-state index is 12.9. The third-order valence-corrected chi connectivity index (χ3v) is 6.28. The highest BCUT2D eigenvalue weighted by atomic mass is 19.4. The van der Waals surface area contributed by atoms with Crippen molar-refractivity contribution in [3.05, 3.63) is 88.3 Å². The lowest BCUT2D eigenvalue weighted by atomic mass is 10.1. The van der Waals surface area contributed by atoms with E-state index in [0.717, 1.165) is 17.7 Å². The van der Waals surface area contributed by atoms with Crippen molar-refractivity contribution in [1.82, 2.24) is 19.6 Å². The van der Waals surface area contributed by atoms with Crippen molar-refractivity contribution in [3.63, 3.8) is 0 Å². The molecule has 0 spiro atoms. The van der Waals surface area contributed by atoms with Gasteiger partial charge in [0.25, 0.3) is 17.4 Å². The number of piperidine rings is 1. The van der Waals surface area contributed by atoms with E-state index in [0.29, 0.717) is 42.6 Å². The van der Waals surface area contributed by atoms with Gasteiger partial charge in [0.15, 0.2) is 0 Å². The Labute approximate surface area is 220 Å². The molecule has 2 aromatic carbocycles. The summed E-state index contributed by atoms with van der Waals surface area (Å²) >= 11 is 0. The van der Waals surface area contributed by atoms with E-state index in [4.69, 9.17) is 4.52 Å². The van der Waals surface area contributed by atoms with Gasteiger partial charge in [-0.05, 0) is 60.9 Å². The summed E-state index contributed by atoms with van der Waals surface area (Å²) in [7, 11) is 0. The smallest absolute Gasteiger partial charge is 0.406 e. The van der Waals surface area contributed by atoms with E-state index in [9.17, 15) is 27.9 Å². The average Bonchev–Trinajstić information content (AvgIpc) is 3.40. The minimum atomic E-state index is -4.79. The number of carbonyl (C=O) groups excluding carboxylic acids is 1. The standard InChI is InChI=1S/C27H23F3N4O5/c28-27(29,30)38-22-7-4-18(5-8-22)24-31-25(39-32-24)20-6-9-23(36)34(16-20)15-17-2-1-3-19(14-17)26(37)33-12-10-21(35)11-13-33/h1-9,14,16,21,35H,10-13,15H2. The number of benzene rings is 2. The molecule has 1 saturated heterocycles. The van der Waals surface area contributed by atoms with Gasteiger partial charge in [-0.1, -0.05) is 17.3 Å². The van der Waals surface area contributed by atoms with E-state index < -0.39 is 6.36 Å². The lowest BCUT2D eigenvalue weighted by Crippen LogP contribution is -2.40. The first-order valence-corrected chi connectivity index (χ1v) is 12.1. The number of ether oxygens (including phenoxy) is 1. The van der Waals surface area contributed by atoms with Crippen LogP contribution >= 0.6 is 0 Å². The molecule has 1 amide bonds. The largest absolute Gasteiger partial charge is 0.573 e. The van der Waals surface area contributed by atoms with Crippen molar-refractivity contribution >= 4 is 5.91 Å². The molecule has 1 N–H and O–H groups in total. The zero-order valence-electron chi connectivity index (χ0n) is 20.5. The second-order valence-corrected chi connectivity index (χ2v) is 9.10. The van der Waals surface area contributed by atoms with Crippen LogP contribution in [-0.4, -0.2) is 56.2 Å². The fraction of sp³-hybridized carbons (Fsp3) is 0.259. The molecule has 1 fully saturated rings. The summed E-state index contributed by atoms with van der Waals surface area (Å²) in [5, 5.41) is 13.6. The topological polar surface area (TPSA) is 111 Å². The molecular formula is C27H23F3N4O5. The van der Waals surface area contributed by atoms with E-state index in [1.165, 1.54) is 28.8 Å². The van der Waals surface area contributed by atoms with Crippen LogP contribution in [0.5, 0.6) is 5.75 Å². The number of aliphatic hydroxyl groups excluding tert-OH is 1. The molecule has 0 unspecified atom stereocenters. The van der Waals surface area contributed by atoms with Gasteiger partial charge >= 0.3 is 6.36 Å². The van der Waals surface area contributed by atoms with Gasteiger partial charge in [-0.25, -0.2) is 0 Å². The molecule has 9 nitrogen and oxygen atoms in total.